The van der Waals surface area contributed by atoms with Crippen LogP contribution in [-0.4, -0.2) is 23.0 Å². The number of hydrogen-bond donors (Lipinski definition) is 0. The summed E-state index contributed by atoms with van der Waals surface area (Å²) in [6, 6.07) is 3.05. The fourth-order valence-electron chi connectivity index (χ4n) is 1.30. The molecule has 0 aliphatic carbocycles. The highest BCUT2D eigenvalue weighted by atomic mass is 16.6. The predicted octanol–water partition coefficient (Wildman–Crippen LogP) is 1.84. The topological polar surface area (TPSA) is 59.3 Å². The van der Waals surface area contributed by atoms with E-state index >= 15 is 0 Å². The largest absolute Gasteiger partial charge is 0.351 e. The molecule has 0 saturated heterocycles. The van der Waals surface area contributed by atoms with Gasteiger partial charge in [-0.1, -0.05) is 0 Å². The Morgan fingerprint density at radius 1 is 1.50 bits per heavy atom. The van der Waals surface area contributed by atoms with Gasteiger partial charge in [0, 0.05) is 25.4 Å². The molecule has 0 bridgehead atoms. The van der Waals surface area contributed by atoms with E-state index in [1.165, 1.54) is 6.07 Å². The highest BCUT2D eigenvalue weighted by Gasteiger charge is 2.17. The SMILES string of the molecule is CCN(CC)c1ncccc1[N+](=O)[O-]. The molecule has 0 spiro atoms. The fraction of sp³-hybridized carbons (Fsp3) is 0.444. The maximum atomic E-state index is 10.7. The summed E-state index contributed by atoms with van der Waals surface area (Å²) in [5.41, 5.74) is 0.0659. The summed E-state index contributed by atoms with van der Waals surface area (Å²) in [4.78, 5) is 16.2. The third kappa shape index (κ3) is 1.99. The zero-order valence-corrected chi connectivity index (χ0v) is 8.30. The first kappa shape index (κ1) is 10.4. The Hall–Kier alpha value is -1.65. The molecule has 0 unspecified atom stereocenters. The zero-order valence-electron chi connectivity index (χ0n) is 8.30. The molecule has 0 radical (unpaired) electrons. The van der Waals surface area contributed by atoms with Gasteiger partial charge in [-0.25, -0.2) is 4.98 Å². The van der Waals surface area contributed by atoms with E-state index in [9.17, 15) is 10.1 Å². The van der Waals surface area contributed by atoms with E-state index in [0.29, 0.717) is 18.9 Å². The minimum absolute atomic E-state index is 0.0659. The second-order valence-corrected chi connectivity index (χ2v) is 2.78. The van der Waals surface area contributed by atoms with Gasteiger partial charge in [-0.2, -0.15) is 0 Å². The molecule has 5 nitrogen and oxygen atoms in total. The minimum atomic E-state index is -0.402. The molecule has 0 fully saturated rings. The third-order valence-electron chi connectivity index (χ3n) is 2.03. The van der Waals surface area contributed by atoms with Crippen LogP contribution in [0.2, 0.25) is 0 Å². The van der Waals surface area contributed by atoms with Gasteiger partial charge in [0.05, 0.1) is 4.92 Å². The van der Waals surface area contributed by atoms with Crippen LogP contribution in [0.5, 0.6) is 0 Å². The quantitative estimate of drug-likeness (QED) is 0.543. The van der Waals surface area contributed by atoms with Crippen molar-refractivity contribution >= 4 is 11.5 Å². The molecule has 5 heteroatoms. The van der Waals surface area contributed by atoms with Crippen LogP contribution in [0.3, 0.4) is 0 Å². The molecule has 0 atom stereocenters. The van der Waals surface area contributed by atoms with E-state index < -0.39 is 4.92 Å². The second kappa shape index (κ2) is 4.55. The number of anilines is 1. The lowest BCUT2D eigenvalue weighted by Crippen LogP contribution is -2.23. The van der Waals surface area contributed by atoms with E-state index in [-0.39, 0.29) is 5.69 Å². The first-order chi connectivity index (χ1) is 6.70. The van der Waals surface area contributed by atoms with Gasteiger partial charge in [0.15, 0.2) is 0 Å². The normalized spacial score (nSPS) is 9.86. The van der Waals surface area contributed by atoms with Crippen LogP contribution >= 0.6 is 0 Å². The van der Waals surface area contributed by atoms with E-state index in [2.05, 4.69) is 4.98 Å². The van der Waals surface area contributed by atoms with Gasteiger partial charge < -0.3 is 4.90 Å². The van der Waals surface area contributed by atoms with E-state index in [0.717, 1.165) is 0 Å². The number of hydrogen-bond acceptors (Lipinski definition) is 4. The standard InChI is InChI=1S/C9H13N3O2/c1-3-11(4-2)9-8(12(13)14)6-5-7-10-9/h5-7H,3-4H2,1-2H3. The monoisotopic (exact) mass is 195 g/mol. The number of nitrogens with zero attached hydrogens (tertiary/aromatic N) is 3. The van der Waals surface area contributed by atoms with Crippen molar-refractivity contribution in [1.29, 1.82) is 0 Å². The van der Waals surface area contributed by atoms with E-state index in [1.54, 1.807) is 12.3 Å². The highest BCUT2D eigenvalue weighted by molar-refractivity contribution is 5.56. The van der Waals surface area contributed by atoms with E-state index in [4.69, 9.17) is 0 Å². The molecule has 0 N–H and O–H groups in total. The van der Waals surface area contributed by atoms with Crippen molar-refractivity contribution in [3.05, 3.63) is 28.4 Å². The van der Waals surface area contributed by atoms with Gasteiger partial charge in [0.25, 0.3) is 0 Å². The van der Waals surface area contributed by atoms with Crippen LogP contribution < -0.4 is 4.90 Å². The Bertz CT molecular complexity index is 324. The number of nitro groups is 1. The molecule has 0 aliphatic heterocycles. The molecule has 0 amide bonds. The van der Waals surface area contributed by atoms with Crippen molar-refractivity contribution < 1.29 is 4.92 Å². The lowest BCUT2D eigenvalue weighted by Gasteiger charge is -2.18. The average molecular weight is 195 g/mol. The first-order valence-corrected chi connectivity index (χ1v) is 4.55. The molecule has 1 aromatic heterocycles. The lowest BCUT2D eigenvalue weighted by molar-refractivity contribution is -0.384. The van der Waals surface area contributed by atoms with Gasteiger partial charge >= 0.3 is 5.69 Å². The van der Waals surface area contributed by atoms with Crippen molar-refractivity contribution in [2.75, 3.05) is 18.0 Å². The molecule has 76 valence electrons. The number of aromatic nitrogens is 1. The van der Waals surface area contributed by atoms with Crippen molar-refractivity contribution in [3.63, 3.8) is 0 Å². The van der Waals surface area contributed by atoms with E-state index in [1.807, 2.05) is 18.7 Å². The molecule has 0 aliphatic rings. The summed E-state index contributed by atoms with van der Waals surface area (Å²) < 4.78 is 0. The van der Waals surface area contributed by atoms with Crippen LogP contribution in [-0.2, 0) is 0 Å². The summed E-state index contributed by atoms with van der Waals surface area (Å²) in [5, 5.41) is 10.7. The van der Waals surface area contributed by atoms with Crippen molar-refractivity contribution in [2.24, 2.45) is 0 Å². The molecule has 1 rings (SSSR count). The fourth-order valence-corrected chi connectivity index (χ4v) is 1.30. The summed E-state index contributed by atoms with van der Waals surface area (Å²) in [5.74, 6) is 0.447. The van der Waals surface area contributed by atoms with Gasteiger partial charge in [-0.3, -0.25) is 10.1 Å². The van der Waals surface area contributed by atoms with Gasteiger partial charge in [-0.15, -0.1) is 0 Å². The van der Waals surface area contributed by atoms with Gasteiger partial charge in [-0.05, 0) is 19.9 Å². The first-order valence-electron chi connectivity index (χ1n) is 4.55. The molecule has 0 aromatic carbocycles. The van der Waals surface area contributed by atoms with Crippen LogP contribution in [0, 0.1) is 10.1 Å². The summed E-state index contributed by atoms with van der Waals surface area (Å²) in [7, 11) is 0. The maximum absolute atomic E-state index is 10.7. The van der Waals surface area contributed by atoms with Crippen molar-refractivity contribution in [3.8, 4) is 0 Å². The predicted molar refractivity (Wildman–Crippen MR) is 54.5 cm³/mol. The lowest BCUT2D eigenvalue weighted by atomic mass is 10.3. The van der Waals surface area contributed by atoms with Gasteiger partial charge in [0.2, 0.25) is 5.82 Å². The van der Waals surface area contributed by atoms with Gasteiger partial charge in [0.1, 0.15) is 0 Å². The Balaban J connectivity index is 3.11. The number of pyridine rings is 1. The summed E-state index contributed by atoms with van der Waals surface area (Å²) >= 11 is 0. The summed E-state index contributed by atoms with van der Waals surface area (Å²) in [6.45, 7) is 5.33. The Morgan fingerprint density at radius 2 is 2.14 bits per heavy atom. The highest BCUT2D eigenvalue weighted by Crippen LogP contribution is 2.23. The molecule has 1 aromatic rings. The molecular weight excluding hydrogens is 182 g/mol. The molecule has 0 saturated carbocycles. The second-order valence-electron chi connectivity index (χ2n) is 2.78. The smallest absolute Gasteiger partial charge is 0.311 e. The Kier molecular flexibility index (Phi) is 3.39. The number of rotatable bonds is 4. The van der Waals surface area contributed by atoms with Crippen LogP contribution in [0.4, 0.5) is 11.5 Å². The van der Waals surface area contributed by atoms with Crippen LogP contribution in [0.25, 0.3) is 0 Å². The maximum Gasteiger partial charge on any atom is 0.311 e. The minimum Gasteiger partial charge on any atom is -0.351 e. The van der Waals surface area contributed by atoms with Crippen LogP contribution in [0.15, 0.2) is 18.3 Å². The van der Waals surface area contributed by atoms with Crippen LogP contribution in [0.1, 0.15) is 13.8 Å². The molecular formula is C9H13N3O2. The molecule has 1 heterocycles. The zero-order chi connectivity index (χ0) is 10.6. The summed E-state index contributed by atoms with van der Waals surface area (Å²) in [6.07, 6.45) is 1.57. The van der Waals surface area contributed by atoms with Crippen molar-refractivity contribution in [1.82, 2.24) is 4.98 Å². The average Bonchev–Trinajstić information content (AvgIpc) is 2.20. The Morgan fingerprint density at radius 3 is 2.64 bits per heavy atom. The Labute approximate surface area is 82.5 Å². The third-order valence-corrected chi connectivity index (χ3v) is 2.03. The van der Waals surface area contributed by atoms with Crippen molar-refractivity contribution in [2.45, 2.75) is 13.8 Å². The molecule has 14 heavy (non-hydrogen) atoms.